The molecule has 0 saturated carbocycles. The predicted octanol–water partition coefficient (Wildman–Crippen LogP) is 3.67. The lowest BCUT2D eigenvalue weighted by Crippen LogP contribution is -2.23. The normalized spacial score (nSPS) is 10.8. The van der Waals surface area contributed by atoms with E-state index in [0.29, 0.717) is 17.2 Å². The zero-order chi connectivity index (χ0) is 22.0. The third kappa shape index (κ3) is 4.05. The van der Waals surface area contributed by atoms with E-state index in [1.54, 1.807) is 13.1 Å². The topological polar surface area (TPSA) is 71.2 Å². The third-order valence-electron chi connectivity index (χ3n) is 5.03. The first kappa shape index (κ1) is 20.3. The van der Waals surface area contributed by atoms with Crippen LogP contribution in [0.2, 0.25) is 0 Å². The molecule has 8 heteroatoms. The van der Waals surface area contributed by atoms with Gasteiger partial charge in [0.05, 0.1) is 12.8 Å². The van der Waals surface area contributed by atoms with Gasteiger partial charge in [-0.25, -0.2) is 9.18 Å². The Bertz CT molecular complexity index is 1300. The number of hydrogen-bond acceptors (Lipinski definition) is 5. The molecule has 0 radical (unpaired) electrons. The molecule has 0 fully saturated rings. The maximum Gasteiger partial charge on any atom is 0.368 e. The average molecular weight is 420 g/mol. The van der Waals surface area contributed by atoms with Gasteiger partial charge in [-0.1, -0.05) is 24.3 Å². The predicted molar refractivity (Wildman–Crippen MR) is 114 cm³/mol. The van der Waals surface area contributed by atoms with Crippen LogP contribution in [0.3, 0.4) is 0 Å². The average Bonchev–Trinajstić information content (AvgIpc) is 3.11. The minimum atomic E-state index is -0.362. The van der Waals surface area contributed by atoms with E-state index in [1.165, 1.54) is 28.6 Å². The summed E-state index contributed by atoms with van der Waals surface area (Å²) in [5, 5.41) is 7.73. The van der Waals surface area contributed by atoms with Gasteiger partial charge in [-0.05, 0) is 58.8 Å². The molecule has 3 aromatic carbocycles. The van der Waals surface area contributed by atoms with Gasteiger partial charge in [0.15, 0.2) is 0 Å². The second-order valence-corrected chi connectivity index (χ2v) is 7.03. The molecule has 1 heterocycles. The molecule has 0 aliphatic heterocycles. The molecular formula is C23H21FN4O3. The van der Waals surface area contributed by atoms with Crippen molar-refractivity contribution in [3.8, 4) is 28.3 Å². The third-order valence-corrected chi connectivity index (χ3v) is 5.03. The van der Waals surface area contributed by atoms with Gasteiger partial charge < -0.3 is 9.47 Å². The van der Waals surface area contributed by atoms with Crippen LogP contribution in [0.5, 0.6) is 11.5 Å². The van der Waals surface area contributed by atoms with Crippen LogP contribution in [-0.2, 0) is 13.7 Å². The summed E-state index contributed by atoms with van der Waals surface area (Å²) in [4.78, 5) is 12.3. The molecule has 4 rings (SSSR count). The van der Waals surface area contributed by atoms with Crippen molar-refractivity contribution in [3.05, 3.63) is 88.1 Å². The van der Waals surface area contributed by atoms with Crippen molar-refractivity contribution in [2.24, 2.45) is 7.05 Å². The van der Waals surface area contributed by atoms with Crippen LogP contribution in [0, 0.1) is 12.7 Å². The molecule has 0 aliphatic carbocycles. The number of tetrazole rings is 1. The number of aromatic nitrogens is 4. The molecule has 0 bridgehead atoms. The van der Waals surface area contributed by atoms with Crippen LogP contribution in [0.15, 0.2) is 65.5 Å². The molecule has 0 unspecified atom stereocenters. The molecule has 31 heavy (non-hydrogen) atoms. The molecule has 0 N–H and O–H groups in total. The van der Waals surface area contributed by atoms with Crippen molar-refractivity contribution in [3.63, 3.8) is 0 Å². The van der Waals surface area contributed by atoms with Gasteiger partial charge in [0.2, 0.25) is 0 Å². The molecule has 4 aromatic rings. The number of aryl methyl sites for hydroxylation is 2. The maximum atomic E-state index is 13.5. The molecule has 1 aromatic heterocycles. The van der Waals surface area contributed by atoms with Crippen molar-refractivity contribution in [2.45, 2.75) is 13.5 Å². The monoisotopic (exact) mass is 420 g/mol. The highest BCUT2D eigenvalue weighted by Gasteiger charge is 2.14. The standard InChI is InChI=1S/C23H21FN4O3/c1-15-6-4-9-21(28-23(29)27(2)25-26-28)20(15)14-31-18-8-5-7-16(12-18)19-11-10-17(24)13-22(19)30-3/h4-13H,14H2,1-3H3. The lowest BCUT2D eigenvalue weighted by atomic mass is 10.0. The Kier molecular flexibility index (Phi) is 5.53. The first-order chi connectivity index (χ1) is 15.0. The van der Waals surface area contributed by atoms with Crippen molar-refractivity contribution in [1.82, 2.24) is 19.8 Å². The van der Waals surface area contributed by atoms with Crippen LogP contribution in [0.25, 0.3) is 16.8 Å². The highest BCUT2D eigenvalue weighted by atomic mass is 19.1. The van der Waals surface area contributed by atoms with E-state index in [0.717, 1.165) is 22.3 Å². The summed E-state index contributed by atoms with van der Waals surface area (Å²) in [6.07, 6.45) is 0. The Morgan fingerprint density at radius 2 is 1.84 bits per heavy atom. The molecular weight excluding hydrogens is 399 g/mol. The first-order valence-corrected chi connectivity index (χ1v) is 9.62. The van der Waals surface area contributed by atoms with Gasteiger partial charge >= 0.3 is 5.69 Å². The van der Waals surface area contributed by atoms with Gasteiger partial charge in [0, 0.05) is 24.2 Å². The number of methoxy groups -OCH3 is 1. The lowest BCUT2D eigenvalue weighted by Gasteiger charge is -2.14. The Hall–Kier alpha value is -3.94. The van der Waals surface area contributed by atoms with E-state index in [9.17, 15) is 9.18 Å². The smallest absolute Gasteiger partial charge is 0.368 e. The highest BCUT2D eigenvalue weighted by Crippen LogP contribution is 2.33. The van der Waals surface area contributed by atoms with E-state index >= 15 is 0 Å². The summed E-state index contributed by atoms with van der Waals surface area (Å²) >= 11 is 0. The fourth-order valence-corrected chi connectivity index (χ4v) is 3.35. The van der Waals surface area contributed by atoms with Crippen LogP contribution in [0.1, 0.15) is 11.1 Å². The molecule has 0 atom stereocenters. The summed E-state index contributed by atoms with van der Waals surface area (Å²) in [7, 11) is 3.06. The maximum absolute atomic E-state index is 13.5. The Labute approximate surface area is 178 Å². The molecule has 7 nitrogen and oxygen atoms in total. The second kappa shape index (κ2) is 8.43. The van der Waals surface area contributed by atoms with E-state index in [1.807, 2.05) is 49.4 Å². The van der Waals surface area contributed by atoms with E-state index in [-0.39, 0.29) is 18.1 Å². The summed E-state index contributed by atoms with van der Waals surface area (Å²) in [6, 6.07) is 17.5. The zero-order valence-corrected chi connectivity index (χ0v) is 17.4. The van der Waals surface area contributed by atoms with Crippen molar-refractivity contribution in [2.75, 3.05) is 7.11 Å². The minimum Gasteiger partial charge on any atom is -0.496 e. The van der Waals surface area contributed by atoms with Crippen molar-refractivity contribution < 1.29 is 13.9 Å². The van der Waals surface area contributed by atoms with E-state index in [4.69, 9.17) is 9.47 Å². The van der Waals surface area contributed by atoms with E-state index < -0.39 is 0 Å². The summed E-state index contributed by atoms with van der Waals surface area (Å²) in [6.45, 7) is 2.18. The Balaban J connectivity index is 1.64. The second-order valence-electron chi connectivity index (χ2n) is 7.03. The van der Waals surface area contributed by atoms with Gasteiger partial charge in [-0.2, -0.15) is 9.36 Å². The first-order valence-electron chi connectivity index (χ1n) is 9.62. The van der Waals surface area contributed by atoms with Gasteiger partial charge in [-0.15, -0.1) is 0 Å². The fourth-order valence-electron chi connectivity index (χ4n) is 3.35. The summed E-state index contributed by atoms with van der Waals surface area (Å²) in [5.41, 5.74) is 3.68. The SMILES string of the molecule is COc1cc(F)ccc1-c1cccc(OCc2c(C)cccc2-n2nnn(C)c2=O)c1. The van der Waals surface area contributed by atoms with Crippen molar-refractivity contribution >= 4 is 0 Å². The Morgan fingerprint density at radius 3 is 2.58 bits per heavy atom. The number of rotatable bonds is 6. The van der Waals surface area contributed by atoms with Gasteiger partial charge in [0.1, 0.15) is 23.9 Å². The number of ether oxygens (including phenoxy) is 2. The molecule has 158 valence electrons. The summed E-state index contributed by atoms with van der Waals surface area (Å²) < 4.78 is 27.3. The zero-order valence-electron chi connectivity index (χ0n) is 17.4. The van der Waals surface area contributed by atoms with Gasteiger partial charge in [0.25, 0.3) is 0 Å². The number of halogens is 1. The number of nitrogens with zero attached hydrogens (tertiary/aromatic N) is 4. The van der Waals surface area contributed by atoms with Crippen molar-refractivity contribution in [1.29, 1.82) is 0 Å². The van der Waals surface area contributed by atoms with Crippen LogP contribution >= 0.6 is 0 Å². The molecule has 0 amide bonds. The van der Waals surface area contributed by atoms with Crippen LogP contribution < -0.4 is 15.2 Å². The quantitative estimate of drug-likeness (QED) is 0.476. The van der Waals surface area contributed by atoms with Crippen LogP contribution in [0.4, 0.5) is 4.39 Å². The van der Waals surface area contributed by atoms with E-state index in [2.05, 4.69) is 10.4 Å². The van der Waals surface area contributed by atoms with Gasteiger partial charge in [-0.3, -0.25) is 0 Å². The molecule has 0 aliphatic rings. The number of benzene rings is 3. The molecule has 0 saturated heterocycles. The Morgan fingerprint density at radius 1 is 1.03 bits per heavy atom. The minimum absolute atomic E-state index is 0.231. The highest BCUT2D eigenvalue weighted by molar-refractivity contribution is 5.71. The lowest BCUT2D eigenvalue weighted by molar-refractivity contribution is 0.305. The van der Waals surface area contributed by atoms with Crippen LogP contribution in [-0.4, -0.2) is 26.9 Å². The summed E-state index contributed by atoms with van der Waals surface area (Å²) in [5.74, 6) is 0.712. The molecule has 0 spiro atoms. The largest absolute Gasteiger partial charge is 0.496 e. The fraction of sp³-hybridized carbons (Fsp3) is 0.174. The number of hydrogen-bond donors (Lipinski definition) is 0.